The molecule has 0 radical (unpaired) electrons. The summed E-state index contributed by atoms with van der Waals surface area (Å²) in [7, 11) is 0. The van der Waals surface area contributed by atoms with Crippen LogP contribution in [-0.4, -0.2) is 10.9 Å². The lowest BCUT2D eigenvalue weighted by Gasteiger charge is -2.54. The van der Waals surface area contributed by atoms with Gasteiger partial charge in [-0.25, -0.2) is 0 Å². The van der Waals surface area contributed by atoms with Crippen molar-refractivity contribution in [3.8, 4) is 0 Å². The number of nitrogens with zero attached hydrogens (tertiary/aromatic N) is 1. The number of oxazole rings is 1. The van der Waals surface area contributed by atoms with Crippen molar-refractivity contribution in [1.29, 1.82) is 0 Å². The predicted molar refractivity (Wildman–Crippen MR) is 97.3 cm³/mol. The zero-order valence-corrected chi connectivity index (χ0v) is 15.0. The maximum absolute atomic E-state index is 12.6. The smallest absolute Gasteiger partial charge is 0.302 e. The first-order valence-electron chi connectivity index (χ1n) is 9.73. The van der Waals surface area contributed by atoms with E-state index in [1.165, 1.54) is 43.2 Å². The first-order valence-corrected chi connectivity index (χ1v) is 9.73. The maximum Gasteiger partial charge on any atom is 0.302 e. The van der Waals surface area contributed by atoms with E-state index in [1.54, 1.807) is 0 Å². The van der Waals surface area contributed by atoms with Gasteiger partial charge in [-0.2, -0.15) is 4.98 Å². The maximum atomic E-state index is 12.6. The Kier molecular flexibility index (Phi) is 3.44. The van der Waals surface area contributed by atoms with Gasteiger partial charge < -0.3 is 4.42 Å². The van der Waals surface area contributed by atoms with Gasteiger partial charge in [0, 0.05) is 6.42 Å². The van der Waals surface area contributed by atoms with Gasteiger partial charge in [-0.15, -0.1) is 0 Å². The van der Waals surface area contributed by atoms with Crippen molar-refractivity contribution in [2.24, 2.45) is 29.6 Å². The van der Waals surface area contributed by atoms with Gasteiger partial charge in [-0.1, -0.05) is 0 Å². The largest absolute Gasteiger partial charge is 0.423 e. The lowest BCUT2D eigenvalue weighted by Crippen LogP contribution is -2.46. The molecule has 4 saturated carbocycles. The minimum atomic E-state index is 0.0671. The molecule has 0 aliphatic heterocycles. The summed E-state index contributed by atoms with van der Waals surface area (Å²) in [5.41, 5.74) is 3.92. The second kappa shape index (κ2) is 5.58. The Labute approximate surface area is 148 Å². The Morgan fingerprint density at radius 2 is 1.72 bits per heavy atom. The molecule has 4 nitrogen and oxygen atoms in total. The molecular formula is C21H26N2O2. The van der Waals surface area contributed by atoms with Crippen LogP contribution in [0.2, 0.25) is 0 Å². The van der Waals surface area contributed by atoms with Crippen LogP contribution in [0.1, 0.15) is 49.7 Å². The second-order valence-corrected chi connectivity index (χ2v) is 8.77. The summed E-state index contributed by atoms with van der Waals surface area (Å²) < 4.78 is 5.74. The zero-order chi connectivity index (χ0) is 17.1. The molecule has 1 aromatic heterocycles. The normalized spacial score (nSPS) is 33.1. The fourth-order valence-electron chi connectivity index (χ4n) is 5.99. The number of fused-ring (bicyclic) bond motifs is 1. The van der Waals surface area contributed by atoms with Gasteiger partial charge in [-0.3, -0.25) is 10.1 Å². The average molecular weight is 338 g/mol. The molecule has 1 amide bonds. The number of aryl methyl sites for hydroxylation is 2. The average Bonchev–Trinajstić information content (AvgIpc) is 2.91. The van der Waals surface area contributed by atoms with Crippen LogP contribution in [0.5, 0.6) is 0 Å². The van der Waals surface area contributed by atoms with Crippen LogP contribution in [-0.2, 0) is 4.79 Å². The first kappa shape index (κ1) is 15.4. The molecule has 1 heterocycles. The third-order valence-electron chi connectivity index (χ3n) is 7.09. The monoisotopic (exact) mass is 338 g/mol. The minimum Gasteiger partial charge on any atom is -0.423 e. The Bertz CT molecular complexity index is 771. The minimum absolute atomic E-state index is 0.0671. The molecule has 0 atom stereocenters. The van der Waals surface area contributed by atoms with Gasteiger partial charge in [0.25, 0.3) is 0 Å². The number of amides is 1. The molecule has 1 N–H and O–H groups in total. The fraction of sp³-hybridized carbons (Fsp3) is 0.619. The molecular weight excluding hydrogens is 312 g/mol. The van der Waals surface area contributed by atoms with Crippen LogP contribution < -0.4 is 5.32 Å². The van der Waals surface area contributed by atoms with E-state index in [2.05, 4.69) is 24.1 Å². The van der Waals surface area contributed by atoms with Crippen molar-refractivity contribution < 1.29 is 9.21 Å². The van der Waals surface area contributed by atoms with Gasteiger partial charge >= 0.3 is 6.01 Å². The van der Waals surface area contributed by atoms with Crippen LogP contribution in [0, 0.1) is 43.4 Å². The molecule has 0 unspecified atom stereocenters. The summed E-state index contributed by atoms with van der Waals surface area (Å²) in [6.07, 6.45) is 7.50. The molecule has 4 heteroatoms. The first-order chi connectivity index (χ1) is 12.0. The molecule has 1 aromatic carbocycles. The second-order valence-electron chi connectivity index (χ2n) is 8.77. The van der Waals surface area contributed by atoms with Gasteiger partial charge in [0.05, 0.1) is 0 Å². The Balaban J connectivity index is 1.29. The molecule has 4 aliphatic carbocycles. The van der Waals surface area contributed by atoms with Crippen LogP contribution >= 0.6 is 0 Å². The van der Waals surface area contributed by atoms with E-state index >= 15 is 0 Å². The van der Waals surface area contributed by atoms with E-state index in [0.717, 1.165) is 34.8 Å². The third-order valence-corrected chi connectivity index (χ3v) is 7.09. The number of nitrogens with one attached hydrogen (secondary N) is 1. The Morgan fingerprint density at radius 3 is 2.40 bits per heavy atom. The molecule has 6 rings (SSSR count). The standard InChI is InChI=1S/C21H26N2O2/c1-11-3-18-19(4-12(11)2)25-21(22-18)23-20(24)10-17-15-6-13-5-14(8-15)9-16(17)7-13/h3-4,13-17H,5-10H2,1-2H3,(H,22,23,24). The van der Waals surface area contributed by atoms with E-state index in [9.17, 15) is 4.79 Å². The van der Waals surface area contributed by atoms with Crippen molar-refractivity contribution >= 4 is 23.0 Å². The van der Waals surface area contributed by atoms with Crippen LogP contribution in [0.3, 0.4) is 0 Å². The predicted octanol–water partition coefficient (Wildman–Crippen LogP) is 4.85. The highest BCUT2D eigenvalue weighted by Crippen LogP contribution is 2.57. The van der Waals surface area contributed by atoms with Gasteiger partial charge in [0.15, 0.2) is 5.58 Å². The molecule has 4 fully saturated rings. The van der Waals surface area contributed by atoms with Gasteiger partial charge in [0.1, 0.15) is 5.52 Å². The van der Waals surface area contributed by atoms with Crippen molar-refractivity contribution in [3.05, 3.63) is 23.3 Å². The van der Waals surface area contributed by atoms with E-state index < -0.39 is 0 Å². The molecule has 2 aromatic rings. The van der Waals surface area contributed by atoms with Crippen molar-refractivity contribution in [1.82, 2.24) is 4.98 Å². The Hall–Kier alpha value is -1.84. The topological polar surface area (TPSA) is 55.1 Å². The number of aromatic nitrogens is 1. The molecule has 4 aliphatic rings. The number of anilines is 1. The Morgan fingerprint density at radius 1 is 1.08 bits per heavy atom. The highest BCUT2D eigenvalue weighted by molar-refractivity contribution is 5.90. The highest BCUT2D eigenvalue weighted by atomic mass is 16.4. The molecule has 4 bridgehead atoms. The lowest BCUT2D eigenvalue weighted by atomic mass is 9.51. The molecule has 0 spiro atoms. The summed E-state index contributed by atoms with van der Waals surface area (Å²) >= 11 is 0. The summed E-state index contributed by atoms with van der Waals surface area (Å²) in [4.78, 5) is 17.0. The van der Waals surface area contributed by atoms with Crippen molar-refractivity contribution in [3.63, 3.8) is 0 Å². The molecule has 0 saturated heterocycles. The van der Waals surface area contributed by atoms with Crippen LogP contribution in [0.4, 0.5) is 6.01 Å². The van der Waals surface area contributed by atoms with E-state index in [4.69, 9.17) is 4.42 Å². The highest BCUT2D eigenvalue weighted by Gasteiger charge is 2.48. The van der Waals surface area contributed by atoms with Gasteiger partial charge in [-0.05, 0) is 98.8 Å². The fourth-order valence-corrected chi connectivity index (χ4v) is 5.99. The lowest BCUT2D eigenvalue weighted by molar-refractivity contribution is -0.121. The molecule has 132 valence electrons. The quantitative estimate of drug-likeness (QED) is 0.871. The number of carbonyl (C=O) groups excluding carboxylic acids is 1. The SMILES string of the molecule is Cc1cc2nc(NC(=O)CC3C4CC5CC(C4)CC3C5)oc2cc1C. The number of carbonyl (C=O) groups is 1. The van der Waals surface area contributed by atoms with Crippen LogP contribution in [0.15, 0.2) is 16.5 Å². The van der Waals surface area contributed by atoms with Crippen LogP contribution in [0.25, 0.3) is 11.1 Å². The summed E-state index contributed by atoms with van der Waals surface area (Å²) in [5, 5.41) is 2.91. The van der Waals surface area contributed by atoms with E-state index in [0.29, 0.717) is 18.4 Å². The molecule has 25 heavy (non-hydrogen) atoms. The zero-order valence-electron chi connectivity index (χ0n) is 15.0. The third kappa shape index (κ3) is 2.66. The number of rotatable bonds is 3. The van der Waals surface area contributed by atoms with E-state index in [1.807, 2.05) is 12.1 Å². The summed E-state index contributed by atoms with van der Waals surface area (Å²) in [6.45, 7) is 4.12. The number of benzene rings is 1. The summed E-state index contributed by atoms with van der Waals surface area (Å²) in [6, 6.07) is 4.35. The van der Waals surface area contributed by atoms with Crippen molar-refractivity contribution in [2.45, 2.75) is 52.4 Å². The van der Waals surface area contributed by atoms with E-state index in [-0.39, 0.29) is 5.91 Å². The van der Waals surface area contributed by atoms with Crippen molar-refractivity contribution in [2.75, 3.05) is 5.32 Å². The number of hydrogen-bond donors (Lipinski definition) is 1. The van der Waals surface area contributed by atoms with Gasteiger partial charge in [0.2, 0.25) is 5.91 Å². The number of hydrogen-bond acceptors (Lipinski definition) is 3. The summed E-state index contributed by atoms with van der Waals surface area (Å²) in [5.74, 6) is 4.08.